The van der Waals surface area contributed by atoms with Crippen LogP contribution in [0.5, 0.6) is 0 Å². The molecular formula is C27H34F2N3O3P. The highest BCUT2D eigenvalue weighted by Crippen LogP contribution is 2.38. The average Bonchev–Trinajstić information content (AvgIpc) is 2.88. The van der Waals surface area contributed by atoms with E-state index in [2.05, 4.69) is 19.9 Å². The van der Waals surface area contributed by atoms with Crippen LogP contribution in [0.3, 0.4) is 0 Å². The molecule has 2 unspecified atom stereocenters. The zero-order valence-electron chi connectivity index (χ0n) is 20.7. The Morgan fingerprint density at radius 2 is 2.06 bits per heavy atom. The van der Waals surface area contributed by atoms with Crippen molar-refractivity contribution in [1.29, 1.82) is 0 Å². The van der Waals surface area contributed by atoms with E-state index in [0.29, 0.717) is 54.9 Å². The van der Waals surface area contributed by atoms with Gasteiger partial charge in [-0.3, -0.25) is 9.59 Å². The van der Waals surface area contributed by atoms with Crippen molar-refractivity contribution < 1.29 is 23.5 Å². The summed E-state index contributed by atoms with van der Waals surface area (Å²) in [6.45, 7) is 4.70. The average molecular weight is 518 g/mol. The van der Waals surface area contributed by atoms with Gasteiger partial charge in [0, 0.05) is 60.1 Å². The number of alkyl halides is 2. The molecule has 0 bridgehead atoms. The fraction of sp³-hybridized carbons (Fsp3) is 0.407. The number of aliphatic hydroxyl groups is 1. The summed E-state index contributed by atoms with van der Waals surface area (Å²) in [6.07, 6.45) is 1.12. The zero-order valence-corrected chi connectivity index (χ0v) is 21.8. The number of carbonyl (C=O) groups excluding carboxylic acids is 2. The molecule has 6 nitrogen and oxygen atoms in total. The first-order chi connectivity index (χ1) is 17.4. The van der Waals surface area contributed by atoms with Gasteiger partial charge in [0.1, 0.15) is 0 Å². The van der Waals surface area contributed by atoms with Crippen LogP contribution in [0.15, 0.2) is 42.5 Å². The molecule has 0 saturated carbocycles. The number of halogens is 2. The Kier molecular flexibility index (Phi) is 9.97. The van der Waals surface area contributed by atoms with Gasteiger partial charge in [-0.2, -0.15) is 0 Å². The van der Waals surface area contributed by atoms with Crippen LogP contribution in [0.4, 0.5) is 25.8 Å². The minimum absolute atomic E-state index is 0.0972. The van der Waals surface area contributed by atoms with Crippen molar-refractivity contribution in [2.75, 3.05) is 35.3 Å². The third-order valence-electron chi connectivity index (χ3n) is 6.27. The lowest BCUT2D eigenvalue weighted by Gasteiger charge is -2.31. The van der Waals surface area contributed by atoms with Crippen molar-refractivity contribution in [2.24, 2.45) is 0 Å². The van der Waals surface area contributed by atoms with Gasteiger partial charge < -0.3 is 20.6 Å². The number of β-amino-alcohol motifs (C(OH)–C–C–N with tert-alkyl or cyclic N) is 1. The number of nitrogens with one attached hydrogen (secondary N) is 2. The van der Waals surface area contributed by atoms with Gasteiger partial charge in [-0.15, -0.1) is 9.24 Å². The maximum Gasteiger partial charge on any atom is 0.263 e. The van der Waals surface area contributed by atoms with E-state index >= 15 is 0 Å². The Bertz CT molecular complexity index is 1120. The van der Waals surface area contributed by atoms with Crippen LogP contribution in [0.25, 0.3) is 5.57 Å². The molecule has 0 saturated heterocycles. The number of hydrogen-bond acceptors (Lipinski definition) is 4. The van der Waals surface area contributed by atoms with Gasteiger partial charge in [-0.05, 0) is 36.6 Å². The first-order valence-corrected chi connectivity index (χ1v) is 13.4. The summed E-state index contributed by atoms with van der Waals surface area (Å²) < 4.78 is 26.8. The second-order valence-corrected chi connectivity index (χ2v) is 8.71. The molecule has 2 atom stereocenters. The summed E-state index contributed by atoms with van der Waals surface area (Å²) in [5.41, 5.74) is 3.91. The molecule has 2 aliphatic rings. The normalized spacial score (nSPS) is 17.5. The molecular weight excluding hydrogens is 483 g/mol. The van der Waals surface area contributed by atoms with Crippen LogP contribution in [-0.4, -0.2) is 42.8 Å². The molecule has 0 fully saturated rings. The number of unbranched alkanes of at least 4 members (excludes halogenated alkanes) is 1. The Morgan fingerprint density at radius 1 is 1.28 bits per heavy atom. The van der Waals surface area contributed by atoms with Gasteiger partial charge in [0.05, 0.1) is 11.8 Å². The van der Waals surface area contributed by atoms with E-state index < -0.39 is 12.5 Å². The topological polar surface area (TPSA) is 81.7 Å². The second kappa shape index (κ2) is 12.9. The minimum Gasteiger partial charge on any atom is -0.391 e. The van der Waals surface area contributed by atoms with E-state index in [4.69, 9.17) is 0 Å². The fourth-order valence-corrected chi connectivity index (χ4v) is 4.49. The summed E-state index contributed by atoms with van der Waals surface area (Å²) in [7, 11) is 2.42. The van der Waals surface area contributed by atoms with Crippen molar-refractivity contribution >= 4 is 43.7 Å². The van der Waals surface area contributed by atoms with Gasteiger partial charge in [-0.1, -0.05) is 38.2 Å². The summed E-state index contributed by atoms with van der Waals surface area (Å²) >= 11 is 0. The monoisotopic (exact) mass is 517 g/mol. The molecule has 3 N–H and O–H groups in total. The SMILES string of the molecule is CCCCC(=O)N1CC/C(=C\C(=O)Nc2cccc3c2CC(O)CN3)c2ccc(C(F)F)cc21.CP. The molecule has 2 heterocycles. The van der Waals surface area contributed by atoms with Gasteiger partial charge >= 0.3 is 0 Å². The quantitative estimate of drug-likeness (QED) is 0.354. The highest BCUT2D eigenvalue weighted by molar-refractivity contribution is 7.15. The predicted molar refractivity (Wildman–Crippen MR) is 145 cm³/mol. The Balaban J connectivity index is 0.00000176. The van der Waals surface area contributed by atoms with Crippen LogP contribution in [-0.2, 0) is 16.0 Å². The molecule has 4 rings (SSSR count). The molecule has 0 spiro atoms. The molecule has 194 valence electrons. The molecule has 0 aromatic heterocycles. The Labute approximate surface area is 213 Å². The molecule has 9 heteroatoms. The lowest BCUT2D eigenvalue weighted by atomic mass is 9.93. The van der Waals surface area contributed by atoms with Crippen molar-refractivity contribution in [3.63, 3.8) is 0 Å². The van der Waals surface area contributed by atoms with Crippen molar-refractivity contribution in [1.82, 2.24) is 0 Å². The highest BCUT2D eigenvalue weighted by atomic mass is 31.0. The molecule has 2 aromatic rings. The van der Waals surface area contributed by atoms with Crippen LogP contribution in [0, 0.1) is 0 Å². The van der Waals surface area contributed by atoms with E-state index in [9.17, 15) is 23.5 Å². The number of nitrogens with zero attached hydrogens (tertiary/aromatic N) is 1. The zero-order chi connectivity index (χ0) is 26.2. The highest BCUT2D eigenvalue weighted by Gasteiger charge is 2.27. The number of fused-ring (bicyclic) bond motifs is 2. The molecule has 36 heavy (non-hydrogen) atoms. The van der Waals surface area contributed by atoms with E-state index in [0.717, 1.165) is 24.1 Å². The molecule has 0 aliphatic carbocycles. The maximum absolute atomic E-state index is 13.4. The molecule has 2 amide bonds. The summed E-state index contributed by atoms with van der Waals surface area (Å²) in [4.78, 5) is 27.2. The molecule has 2 aliphatic heterocycles. The number of carbonyl (C=O) groups is 2. The van der Waals surface area contributed by atoms with Crippen molar-refractivity contribution in [3.05, 3.63) is 59.2 Å². The Morgan fingerprint density at radius 3 is 2.78 bits per heavy atom. The maximum atomic E-state index is 13.4. The largest absolute Gasteiger partial charge is 0.391 e. The van der Waals surface area contributed by atoms with Gasteiger partial charge in [-0.25, -0.2) is 8.78 Å². The molecule has 0 radical (unpaired) electrons. The fourth-order valence-electron chi connectivity index (χ4n) is 4.49. The number of anilines is 3. The van der Waals surface area contributed by atoms with Gasteiger partial charge in [0.2, 0.25) is 11.8 Å². The third-order valence-corrected chi connectivity index (χ3v) is 6.27. The third kappa shape index (κ3) is 6.48. The minimum atomic E-state index is -2.65. The summed E-state index contributed by atoms with van der Waals surface area (Å²) in [5.74, 6) is -0.446. The van der Waals surface area contributed by atoms with Gasteiger partial charge in [0.25, 0.3) is 6.43 Å². The second-order valence-electron chi connectivity index (χ2n) is 8.71. The summed E-state index contributed by atoms with van der Waals surface area (Å²) in [5, 5.41) is 16.0. The molecule has 2 aromatic carbocycles. The van der Waals surface area contributed by atoms with E-state index in [-0.39, 0.29) is 17.4 Å². The number of aliphatic hydroxyl groups excluding tert-OH is 1. The number of amides is 2. The van der Waals surface area contributed by atoms with E-state index in [1.165, 1.54) is 18.2 Å². The number of benzene rings is 2. The number of rotatable bonds is 6. The lowest BCUT2D eigenvalue weighted by molar-refractivity contribution is -0.118. The first kappa shape index (κ1) is 27.8. The van der Waals surface area contributed by atoms with Crippen molar-refractivity contribution in [2.45, 2.75) is 51.6 Å². The summed E-state index contributed by atoms with van der Waals surface area (Å²) in [6, 6.07) is 9.78. The number of hydrogen-bond donors (Lipinski definition) is 3. The van der Waals surface area contributed by atoms with Gasteiger partial charge in [0.15, 0.2) is 0 Å². The predicted octanol–water partition coefficient (Wildman–Crippen LogP) is 5.39. The van der Waals surface area contributed by atoms with Crippen LogP contribution < -0.4 is 15.5 Å². The van der Waals surface area contributed by atoms with Crippen molar-refractivity contribution in [3.8, 4) is 0 Å². The Hall–Kier alpha value is -2.83. The van der Waals surface area contributed by atoms with Crippen LogP contribution in [0.2, 0.25) is 0 Å². The smallest absolute Gasteiger partial charge is 0.263 e. The lowest BCUT2D eigenvalue weighted by Crippen LogP contribution is -2.35. The first-order valence-electron chi connectivity index (χ1n) is 12.2. The van der Waals surface area contributed by atoms with Crippen LogP contribution in [0.1, 0.15) is 55.7 Å². The van der Waals surface area contributed by atoms with E-state index in [1.54, 1.807) is 17.0 Å². The standard InChI is InChI=1S/C26H29F2N3O3.CH5P/c1-2-3-7-25(34)31-11-10-16(19-9-8-17(26(27)28)12-23(19)31)13-24(33)30-22-6-4-5-21-20(22)14-18(32)15-29-21;1-2/h4-6,8-9,12-13,18,26,29,32H,2-3,7,10-11,14-15H2,1H3,(H,30,33);2H2,1H3/b16-13+;. The van der Waals surface area contributed by atoms with E-state index in [1.807, 2.05) is 25.7 Å². The van der Waals surface area contributed by atoms with Crippen LogP contribution >= 0.6 is 9.24 Å².